The van der Waals surface area contributed by atoms with Crippen LogP contribution in [0.15, 0.2) is 83.9 Å². The van der Waals surface area contributed by atoms with Gasteiger partial charge in [-0.3, -0.25) is 4.90 Å². The maximum atomic E-state index is 13.5. The molecule has 1 aliphatic rings. The van der Waals surface area contributed by atoms with Crippen molar-refractivity contribution in [1.29, 1.82) is 0 Å². The van der Waals surface area contributed by atoms with Gasteiger partial charge in [-0.1, -0.05) is 42.5 Å². The molecule has 7 heteroatoms. The molecule has 6 nitrogen and oxygen atoms in total. The number of carboxylic acid groups (broad SMARTS) is 1. The fraction of sp³-hybridized carbons (Fsp3) is 0.231. The van der Waals surface area contributed by atoms with E-state index in [0.717, 1.165) is 49.0 Å². The van der Waals surface area contributed by atoms with Gasteiger partial charge in [0.15, 0.2) is 5.96 Å². The molecule has 2 N–H and O–H groups in total. The third-order valence-electron chi connectivity index (χ3n) is 5.61. The van der Waals surface area contributed by atoms with E-state index < -0.39 is 5.97 Å². The van der Waals surface area contributed by atoms with Crippen LogP contribution in [-0.4, -0.2) is 53.0 Å². The number of carbonyl (C=O) groups is 1. The number of guanidine groups is 1. The number of hydrogen-bond donors (Lipinski definition) is 2. The number of nitrogens with zero attached hydrogens (tertiary/aromatic N) is 3. The summed E-state index contributed by atoms with van der Waals surface area (Å²) >= 11 is 0. The smallest absolute Gasteiger partial charge is 0.335 e. The number of aromatic carboxylic acids is 1. The molecule has 0 aromatic heterocycles. The molecule has 0 aliphatic carbocycles. The van der Waals surface area contributed by atoms with E-state index in [1.165, 1.54) is 6.07 Å². The highest BCUT2D eigenvalue weighted by atomic mass is 19.1. The first-order valence-electron chi connectivity index (χ1n) is 11.0. The number of benzene rings is 3. The Morgan fingerprint density at radius 2 is 1.61 bits per heavy atom. The van der Waals surface area contributed by atoms with E-state index in [1.807, 2.05) is 36.4 Å². The summed E-state index contributed by atoms with van der Waals surface area (Å²) in [4.78, 5) is 20.5. The van der Waals surface area contributed by atoms with Crippen LogP contribution in [0.1, 0.15) is 21.5 Å². The molecule has 1 aliphatic heterocycles. The van der Waals surface area contributed by atoms with Gasteiger partial charge in [0.25, 0.3) is 0 Å². The molecule has 1 saturated heterocycles. The van der Waals surface area contributed by atoms with Crippen LogP contribution in [0.25, 0.3) is 0 Å². The topological polar surface area (TPSA) is 68.2 Å². The summed E-state index contributed by atoms with van der Waals surface area (Å²) in [6, 6.07) is 23.5. The molecule has 0 saturated carbocycles. The van der Waals surface area contributed by atoms with Crippen LogP contribution in [0.3, 0.4) is 0 Å². The second-order valence-electron chi connectivity index (χ2n) is 8.03. The highest BCUT2D eigenvalue weighted by Crippen LogP contribution is 2.14. The third kappa shape index (κ3) is 6.40. The van der Waals surface area contributed by atoms with E-state index in [0.29, 0.717) is 13.1 Å². The van der Waals surface area contributed by atoms with Crippen LogP contribution < -0.4 is 5.32 Å². The molecule has 1 heterocycles. The fourth-order valence-corrected chi connectivity index (χ4v) is 3.80. The Bertz CT molecular complexity index is 1090. The van der Waals surface area contributed by atoms with Gasteiger partial charge in [0.2, 0.25) is 0 Å². The number of rotatable bonds is 6. The molecular formula is C26H27FN4O2. The Balaban J connectivity index is 1.44. The molecule has 33 heavy (non-hydrogen) atoms. The normalized spacial score (nSPS) is 14.8. The second-order valence-corrected chi connectivity index (χ2v) is 8.03. The van der Waals surface area contributed by atoms with Crippen LogP contribution in [0.2, 0.25) is 0 Å². The number of hydrogen-bond acceptors (Lipinski definition) is 3. The number of aliphatic imine (C=N–C) groups is 1. The molecular weight excluding hydrogens is 419 g/mol. The van der Waals surface area contributed by atoms with Crippen LogP contribution in [-0.2, 0) is 13.1 Å². The molecule has 0 radical (unpaired) electrons. The minimum Gasteiger partial charge on any atom is -0.478 e. The summed E-state index contributed by atoms with van der Waals surface area (Å²) in [5, 5.41) is 12.5. The molecule has 1 fully saturated rings. The maximum absolute atomic E-state index is 13.5. The minimum atomic E-state index is -0.950. The van der Waals surface area contributed by atoms with Gasteiger partial charge in [0.1, 0.15) is 5.82 Å². The lowest BCUT2D eigenvalue weighted by Crippen LogP contribution is -2.50. The summed E-state index contributed by atoms with van der Waals surface area (Å²) < 4.78 is 13.5. The van der Waals surface area contributed by atoms with Crippen LogP contribution in [0.4, 0.5) is 10.1 Å². The molecule has 0 spiro atoms. The lowest BCUT2D eigenvalue weighted by atomic mass is 10.2. The predicted octanol–water partition coefficient (Wildman–Crippen LogP) is 4.31. The molecule has 0 unspecified atom stereocenters. The van der Waals surface area contributed by atoms with Crippen molar-refractivity contribution in [3.05, 3.63) is 101 Å². The van der Waals surface area contributed by atoms with Gasteiger partial charge in [-0.2, -0.15) is 0 Å². The van der Waals surface area contributed by atoms with Crippen LogP contribution >= 0.6 is 0 Å². The van der Waals surface area contributed by atoms with E-state index in [2.05, 4.69) is 15.1 Å². The highest BCUT2D eigenvalue weighted by Gasteiger charge is 2.20. The summed E-state index contributed by atoms with van der Waals surface area (Å²) in [5.41, 5.74) is 3.11. The van der Waals surface area contributed by atoms with Gasteiger partial charge in [-0.25, -0.2) is 14.2 Å². The Hall–Kier alpha value is -3.71. The molecule has 3 aromatic rings. The maximum Gasteiger partial charge on any atom is 0.335 e. The summed E-state index contributed by atoms with van der Waals surface area (Å²) in [6.45, 7) is 4.49. The number of piperazine rings is 1. The first-order valence-corrected chi connectivity index (χ1v) is 11.0. The SMILES string of the molecule is O=C(O)c1ccc(NC(=NCc2ccccc2)N2CCN(Cc3cccc(F)c3)CC2)cc1. The average Bonchev–Trinajstić information content (AvgIpc) is 2.83. The average molecular weight is 447 g/mol. The first kappa shape index (κ1) is 22.5. The van der Waals surface area contributed by atoms with Gasteiger partial charge in [0, 0.05) is 38.4 Å². The van der Waals surface area contributed by atoms with Crippen molar-refractivity contribution < 1.29 is 14.3 Å². The predicted molar refractivity (Wildman–Crippen MR) is 128 cm³/mol. The minimum absolute atomic E-state index is 0.209. The van der Waals surface area contributed by atoms with Crippen LogP contribution in [0, 0.1) is 5.82 Å². The van der Waals surface area contributed by atoms with E-state index in [-0.39, 0.29) is 11.4 Å². The number of halogens is 1. The van der Waals surface area contributed by atoms with Crippen molar-refractivity contribution in [3.8, 4) is 0 Å². The largest absolute Gasteiger partial charge is 0.478 e. The molecule has 3 aromatic carbocycles. The van der Waals surface area contributed by atoms with Crippen molar-refractivity contribution in [2.24, 2.45) is 4.99 Å². The van der Waals surface area contributed by atoms with Gasteiger partial charge >= 0.3 is 5.97 Å². The van der Waals surface area contributed by atoms with E-state index >= 15 is 0 Å². The zero-order chi connectivity index (χ0) is 23.0. The monoisotopic (exact) mass is 446 g/mol. The van der Waals surface area contributed by atoms with Crippen molar-refractivity contribution in [1.82, 2.24) is 9.80 Å². The van der Waals surface area contributed by atoms with E-state index in [1.54, 1.807) is 36.4 Å². The lowest BCUT2D eigenvalue weighted by molar-refractivity contribution is 0.0697. The molecule has 0 atom stereocenters. The van der Waals surface area contributed by atoms with Crippen molar-refractivity contribution in [2.75, 3.05) is 31.5 Å². The first-order chi connectivity index (χ1) is 16.1. The van der Waals surface area contributed by atoms with Gasteiger partial charge in [0.05, 0.1) is 12.1 Å². The zero-order valence-corrected chi connectivity index (χ0v) is 18.3. The second kappa shape index (κ2) is 10.7. The van der Waals surface area contributed by atoms with E-state index in [9.17, 15) is 9.18 Å². The summed E-state index contributed by atoms with van der Waals surface area (Å²) in [6.07, 6.45) is 0. The molecule has 170 valence electrons. The van der Waals surface area contributed by atoms with Crippen molar-refractivity contribution in [3.63, 3.8) is 0 Å². The number of carboxylic acids is 1. The Morgan fingerprint density at radius 3 is 2.27 bits per heavy atom. The lowest BCUT2D eigenvalue weighted by Gasteiger charge is -2.36. The summed E-state index contributed by atoms with van der Waals surface area (Å²) in [5.74, 6) is -0.402. The van der Waals surface area contributed by atoms with Gasteiger partial charge in [-0.05, 0) is 47.5 Å². The zero-order valence-electron chi connectivity index (χ0n) is 18.3. The van der Waals surface area contributed by atoms with Gasteiger partial charge in [-0.15, -0.1) is 0 Å². The molecule has 0 amide bonds. The fourth-order valence-electron chi connectivity index (χ4n) is 3.80. The van der Waals surface area contributed by atoms with Crippen LogP contribution in [0.5, 0.6) is 0 Å². The van der Waals surface area contributed by atoms with Gasteiger partial charge < -0.3 is 15.3 Å². The number of nitrogens with one attached hydrogen (secondary N) is 1. The Labute approximate surface area is 193 Å². The Morgan fingerprint density at radius 1 is 0.909 bits per heavy atom. The van der Waals surface area contributed by atoms with Crippen molar-refractivity contribution in [2.45, 2.75) is 13.1 Å². The quantitative estimate of drug-likeness (QED) is 0.436. The Kier molecular flexibility index (Phi) is 7.32. The standard InChI is InChI=1S/C26H27FN4O2/c27-23-8-4-7-21(17-23)19-30-13-15-31(16-14-30)26(28-18-20-5-2-1-3-6-20)29-24-11-9-22(10-12-24)25(32)33/h1-12,17H,13-16,18-19H2,(H,28,29)(H,32,33). The third-order valence-corrected chi connectivity index (χ3v) is 5.61. The molecule has 4 rings (SSSR count). The van der Waals surface area contributed by atoms with Crippen molar-refractivity contribution >= 4 is 17.6 Å². The molecule has 0 bridgehead atoms. The number of anilines is 1. The summed E-state index contributed by atoms with van der Waals surface area (Å²) in [7, 11) is 0. The highest BCUT2D eigenvalue weighted by molar-refractivity contribution is 5.94. The van der Waals surface area contributed by atoms with E-state index in [4.69, 9.17) is 10.1 Å².